The lowest BCUT2D eigenvalue weighted by Gasteiger charge is -2.30. The second-order valence-electron chi connectivity index (χ2n) is 9.93. The van der Waals surface area contributed by atoms with E-state index >= 15 is 0 Å². The predicted molar refractivity (Wildman–Crippen MR) is 177 cm³/mol. The lowest BCUT2D eigenvalue weighted by atomic mass is 9.98. The molecule has 0 bridgehead atoms. The summed E-state index contributed by atoms with van der Waals surface area (Å²) >= 11 is 0. The first-order valence-electron chi connectivity index (χ1n) is 15.1. The van der Waals surface area contributed by atoms with Crippen LogP contribution in [0, 0.1) is 5.41 Å². The zero-order valence-electron chi connectivity index (χ0n) is 28.6. The van der Waals surface area contributed by atoms with Crippen molar-refractivity contribution in [1.82, 2.24) is 10.3 Å². The van der Waals surface area contributed by atoms with Gasteiger partial charge in [-0.25, -0.2) is 4.98 Å². The number of methoxy groups -OCH3 is 2. The normalized spacial score (nSPS) is 10.2. The summed E-state index contributed by atoms with van der Waals surface area (Å²) < 4.78 is 16.8. The highest BCUT2D eigenvalue weighted by Gasteiger charge is 2.24. The van der Waals surface area contributed by atoms with Crippen molar-refractivity contribution >= 4 is 16.8 Å². The Labute approximate surface area is 251 Å². The molecule has 0 aliphatic carbocycles. The van der Waals surface area contributed by atoms with E-state index < -0.39 is 5.60 Å². The Balaban J connectivity index is 0. The lowest BCUT2D eigenvalue weighted by molar-refractivity contribution is -0.0479. The van der Waals surface area contributed by atoms with Crippen LogP contribution in [0.2, 0.25) is 0 Å². The maximum Gasteiger partial charge on any atom is 0.252 e. The van der Waals surface area contributed by atoms with E-state index in [4.69, 9.17) is 19.2 Å². The molecule has 0 saturated carbocycles. The van der Waals surface area contributed by atoms with Crippen molar-refractivity contribution in [3.8, 4) is 22.8 Å². The number of para-hydroxylation sites is 1. The minimum atomic E-state index is -0.488. The number of pyridine rings is 1. The first kappa shape index (κ1) is 40.0. The average Bonchev–Trinajstić information content (AvgIpc) is 3.01. The molecule has 0 spiro atoms. The maximum absolute atomic E-state index is 13.3. The number of rotatable bonds is 8. The van der Waals surface area contributed by atoms with Crippen LogP contribution in [-0.4, -0.2) is 43.9 Å². The standard InChI is InChI=1S/C27H34N2O4.4C2H6/c1-26(2,3)17-33-27(4,5)16-28-25(30)20-15-22(29-21-11-9-8-10-19(20)21)18-12-13-23(31-6)24(14-18)32-7;4*1-2/h8-15H,16-17H2,1-7H3,(H,28,30);4*1-2H3. The van der Waals surface area contributed by atoms with Gasteiger partial charge in [-0.2, -0.15) is 0 Å². The molecule has 0 saturated heterocycles. The summed E-state index contributed by atoms with van der Waals surface area (Å²) in [5, 5.41) is 3.85. The van der Waals surface area contributed by atoms with Gasteiger partial charge in [0, 0.05) is 17.5 Å². The zero-order valence-corrected chi connectivity index (χ0v) is 28.6. The van der Waals surface area contributed by atoms with Gasteiger partial charge in [0.15, 0.2) is 11.5 Å². The summed E-state index contributed by atoms with van der Waals surface area (Å²) in [6, 6.07) is 15.1. The van der Waals surface area contributed by atoms with E-state index in [0.717, 1.165) is 16.5 Å². The molecule has 0 fully saturated rings. The topological polar surface area (TPSA) is 69.7 Å². The van der Waals surface area contributed by atoms with Gasteiger partial charge < -0.3 is 19.5 Å². The van der Waals surface area contributed by atoms with Crippen LogP contribution >= 0.6 is 0 Å². The van der Waals surface area contributed by atoms with E-state index in [0.29, 0.717) is 35.9 Å². The molecule has 0 unspecified atom stereocenters. The Morgan fingerprint density at radius 1 is 0.780 bits per heavy atom. The Hall–Kier alpha value is -3.12. The molecule has 232 valence electrons. The van der Waals surface area contributed by atoms with E-state index in [-0.39, 0.29) is 11.3 Å². The van der Waals surface area contributed by atoms with Crippen molar-refractivity contribution in [3.63, 3.8) is 0 Å². The van der Waals surface area contributed by atoms with Gasteiger partial charge in [0.1, 0.15) is 0 Å². The van der Waals surface area contributed by atoms with Crippen molar-refractivity contribution in [3.05, 3.63) is 54.1 Å². The molecule has 6 nitrogen and oxygen atoms in total. The minimum absolute atomic E-state index is 0.0525. The Kier molecular flexibility index (Phi) is 20.2. The summed E-state index contributed by atoms with van der Waals surface area (Å²) in [7, 11) is 3.19. The number of hydrogen-bond donors (Lipinski definition) is 1. The number of fused-ring (bicyclic) bond motifs is 1. The van der Waals surface area contributed by atoms with Crippen LogP contribution in [0.5, 0.6) is 11.5 Å². The van der Waals surface area contributed by atoms with E-state index in [1.165, 1.54) is 0 Å². The third-order valence-electron chi connectivity index (χ3n) is 5.21. The van der Waals surface area contributed by atoms with Crippen molar-refractivity contribution in [2.24, 2.45) is 5.41 Å². The maximum atomic E-state index is 13.3. The van der Waals surface area contributed by atoms with Gasteiger partial charge in [-0.05, 0) is 49.6 Å². The molecular formula is C35H58N2O4. The monoisotopic (exact) mass is 570 g/mol. The number of ether oxygens (including phenoxy) is 3. The van der Waals surface area contributed by atoms with Gasteiger partial charge in [-0.1, -0.05) is 94.4 Å². The molecular weight excluding hydrogens is 512 g/mol. The summed E-state index contributed by atoms with van der Waals surface area (Å²) in [5.41, 5.74) is 2.40. The first-order valence-corrected chi connectivity index (χ1v) is 15.1. The Bertz CT molecular complexity index is 1130. The Morgan fingerprint density at radius 3 is 1.88 bits per heavy atom. The molecule has 6 heteroatoms. The fourth-order valence-corrected chi connectivity index (χ4v) is 3.36. The van der Waals surface area contributed by atoms with Crippen LogP contribution in [-0.2, 0) is 4.74 Å². The lowest BCUT2D eigenvalue weighted by Crippen LogP contribution is -2.42. The highest BCUT2D eigenvalue weighted by Crippen LogP contribution is 2.33. The predicted octanol–water partition coefficient (Wildman–Crippen LogP) is 9.59. The molecule has 2 aromatic carbocycles. The number of hydrogen-bond acceptors (Lipinski definition) is 5. The van der Waals surface area contributed by atoms with Gasteiger partial charge in [-0.3, -0.25) is 4.79 Å². The fraction of sp³-hybridized carbons (Fsp3) is 0.543. The molecule has 3 aromatic rings. The van der Waals surface area contributed by atoms with Crippen LogP contribution in [0.15, 0.2) is 48.5 Å². The molecule has 0 aliphatic heterocycles. The second-order valence-corrected chi connectivity index (χ2v) is 9.93. The number of amides is 1. The van der Waals surface area contributed by atoms with E-state index in [9.17, 15) is 4.79 Å². The molecule has 0 radical (unpaired) electrons. The van der Waals surface area contributed by atoms with Crippen molar-refractivity contribution in [2.75, 3.05) is 27.4 Å². The molecule has 1 heterocycles. The molecule has 3 rings (SSSR count). The van der Waals surface area contributed by atoms with Crippen molar-refractivity contribution in [1.29, 1.82) is 0 Å². The average molecular weight is 571 g/mol. The highest BCUT2D eigenvalue weighted by molar-refractivity contribution is 6.07. The van der Waals surface area contributed by atoms with Crippen LogP contribution < -0.4 is 14.8 Å². The fourth-order valence-electron chi connectivity index (χ4n) is 3.36. The Morgan fingerprint density at radius 2 is 1.34 bits per heavy atom. The van der Waals surface area contributed by atoms with Gasteiger partial charge in [0.2, 0.25) is 0 Å². The number of carbonyl (C=O) groups is 1. The van der Waals surface area contributed by atoms with E-state index in [1.54, 1.807) is 14.2 Å². The minimum Gasteiger partial charge on any atom is -0.493 e. The molecule has 0 atom stereocenters. The van der Waals surface area contributed by atoms with Crippen LogP contribution in [0.25, 0.3) is 22.2 Å². The second kappa shape index (κ2) is 20.7. The van der Waals surface area contributed by atoms with Crippen LogP contribution in [0.4, 0.5) is 0 Å². The summed E-state index contributed by atoms with van der Waals surface area (Å²) in [4.78, 5) is 18.1. The molecule has 1 amide bonds. The third-order valence-corrected chi connectivity index (χ3v) is 5.21. The van der Waals surface area contributed by atoms with Gasteiger partial charge in [-0.15, -0.1) is 0 Å². The molecule has 1 aromatic heterocycles. The molecule has 41 heavy (non-hydrogen) atoms. The smallest absolute Gasteiger partial charge is 0.252 e. The zero-order chi connectivity index (χ0) is 32.2. The van der Waals surface area contributed by atoms with Gasteiger partial charge >= 0.3 is 0 Å². The van der Waals surface area contributed by atoms with Crippen LogP contribution in [0.1, 0.15) is 100 Å². The van der Waals surface area contributed by atoms with Gasteiger partial charge in [0.25, 0.3) is 5.91 Å². The molecule has 0 aliphatic rings. The van der Waals surface area contributed by atoms with Crippen molar-refractivity contribution < 1.29 is 19.0 Å². The summed E-state index contributed by atoms with van der Waals surface area (Å²) in [5.74, 6) is 1.08. The van der Waals surface area contributed by atoms with Crippen LogP contribution in [0.3, 0.4) is 0 Å². The van der Waals surface area contributed by atoms with E-state index in [1.807, 2.05) is 118 Å². The number of carbonyl (C=O) groups excluding carboxylic acids is 1. The third kappa shape index (κ3) is 13.4. The van der Waals surface area contributed by atoms with E-state index in [2.05, 4.69) is 26.1 Å². The summed E-state index contributed by atoms with van der Waals surface area (Å²) in [6.07, 6.45) is 0. The first-order chi connectivity index (χ1) is 19.5. The largest absolute Gasteiger partial charge is 0.493 e. The number of benzene rings is 2. The molecule has 1 N–H and O–H groups in total. The quantitative estimate of drug-likeness (QED) is 0.292. The number of nitrogens with one attached hydrogen (secondary N) is 1. The summed E-state index contributed by atoms with van der Waals surface area (Å²) in [6.45, 7) is 27.3. The SMILES string of the molecule is CC.CC.CC.CC.COc1ccc(-c2cc(C(=O)NCC(C)(C)OCC(C)(C)C)c3ccccc3n2)cc1OC. The number of nitrogens with zero attached hydrogens (tertiary/aromatic N) is 1. The van der Waals surface area contributed by atoms with Crippen molar-refractivity contribution in [2.45, 2.75) is 95.6 Å². The van der Waals surface area contributed by atoms with Gasteiger partial charge in [0.05, 0.1) is 43.2 Å². The number of aromatic nitrogens is 1. The highest BCUT2D eigenvalue weighted by atomic mass is 16.5.